The fraction of sp³-hybridized carbons (Fsp3) is 0.318. The number of rotatable bonds is 7. The number of aromatic nitrogens is 2. The van der Waals surface area contributed by atoms with Crippen LogP contribution in [0.2, 0.25) is 0 Å². The fourth-order valence-corrected chi connectivity index (χ4v) is 6.31. The highest BCUT2D eigenvalue weighted by Gasteiger charge is 2.33. The van der Waals surface area contributed by atoms with E-state index in [0.29, 0.717) is 24.7 Å². The molecule has 16 heteroatoms. The van der Waals surface area contributed by atoms with Gasteiger partial charge in [-0.1, -0.05) is 0 Å². The Balaban J connectivity index is 1.30. The lowest BCUT2D eigenvalue weighted by molar-refractivity contribution is 0.0558. The van der Waals surface area contributed by atoms with Crippen LogP contribution >= 0.6 is 0 Å². The molecule has 3 aromatic rings. The monoisotopic (exact) mass is 565 g/mol. The third-order valence-corrected chi connectivity index (χ3v) is 8.94. The van der Waals surface area contributed by atoms with Crippen LogP contribution in [0.5, 0.6) is 11.5 Å². The van der Waals surface area contributed by atoms with Crippen LogP contribution in [0.15, 0.2) is 57.1 Å². The number of carbonyl (C=O) groups excluding carboxylic acids is 1. The Morgan fingerprint density at radius 2 is 1.66 bits per heavy atom. The second-order valence-electron chi connectivity index (χ2n) is 8.14. The van der Waals surface area contributed by atoms with E-state index in [1.807, 2.05) is 0 Å². The van der Waals surface area contributed by atoms with Crippen molar-refractivity contribution < 1.29 is 40.3 Å². The molecule has 2 aliphatic heterocycles. The molecule has 0 unspecified atom stereocenters. The molecule has 202 valence electrons. The molecule has 0 radical (unpaired) electrons. The van der Waals surface area contributed by atoms with E-state index in [4.69, 9.17) is 13.9 Å². The molecule has 1 N–H and O–H groups in total. The van der Waals surface area contributed by atoms with E-state index >= 15 is 0 Å². The average molecular weight is 566 g/mol. The molecular weight excluding hydrogens is 542 g/mol. The second kappa shape index (κ2) is 10.1. The first-order chi connectivity index (χ1) is 18.2. The summed E-state index contributed by atoms with van der Waals surface area (Å²) in [6.07, 6.45) is 2.76. The van der Waals surface area contributed by atoms with Gasteiger partial charge in [-0.2, -0.15) is 4.31 Å². The third-order valence-electron chi connectivity index (χ3n) is 5.83. The lowest BCUT2D eigenvalue weighted by Crippen LogP contribution is -2.49. The van der Waals surface area contributed by atoms with Crippen LogP contribution in [-0.4, -0.2) is 83.6 Å². The summed E-state index contributed by atoms with van der Waals surface area (Å²) >= 11 is 0. The normalized spacial score (nSPS) is 16.2. The number of piperazine rings is 1. The molecule has 0 amide bonds. The maximum atomic E-state index is 13.1. The van der Waals surface area contributed by atoms with E-state index in [9.17, 15) is 21.6 Å². The molecule has 2 aliphatic rings. The van der Waals surface area contributed by atoms with Gasteiger partial charge in [0.05, 0.1) is 12.0 Å². The van der Waals surface area contributed by atoms with E-state index in [-0.39, 0.29) is 53.6 Å². The maximum absolute atomic E-state index is 13.1. The molecular formula is C22H23N5O9S2. The van der Waals surface area contributed by atoms with Crippen molar-refractivity contribution in [1.29, 1.82) is 0 Å². The van der Waals surface area contributed by atoms with Gasteiger partial charge in [-0.15, -0.1) is 0 Å². The molecule has 0 saturated carbocycles. The van der Waals surface area contributed by atoms with Gasteiger partial charge in [0, 0.05) is 44.6 Å². The number of nitrogens with zero attached hydrogens (tertiary/aromatic N) is 4. The molecule has 0 aliphatic carbocycles. The van der Waals surface area contributed by atoms with Gasteiger partial charge >= 0.3 is 5.97 Å². The number of sulfonamides is 2. The Bertz CT molecular complexity index is 1570. The summed E-state index contributed by atoms with van der Waals surface area (Å²) in [5, 5.41) is -0.376. The first-order valence-electron chi connectivity index (χ1n) is 11.4. The van der Waals surface area contributed by atoms with Gasteiger partial charge in [0.25, 0.3) is 20.0 Å². The van der Waals surface area contributed by atoms with Crippen LogP contribution in [-0.2, 0) is 24.8 Å². The summed E-state index contributed by atoms with van der Waals surface area (Å²) in [6.45, 7) is 1.20. The molecule has 1 saturated heterocycles. The Kier molecular flexibility index (Phi) is 6.85. The van der Waals surface area contributed by atoms with E-state index in [0.717, 1.165) is 7.11 Å². The number of fused-ring (bicyclic) bond motifs is 1. The van der Waals surface area contributed by atoms with Crippen LogP contribution in [0.1, 0.15) is 10.6 Å². The summed E-state index contributed by atoms with van der Waals surface area (Å²) < 4.78 is 76.5. The number of hydrogen-bond donors (Lipinski definition) is 1. The van der Waals surface area contributed by atoms with Crippen molar-refractivity contribution in [3.63, 3.8) is 0 Å². The molecule has 14 nitrogen and oxygen atoms in total. The van der Waals surface area contributed by atoms with Crippen LogP contribution in [0.3, 0.4) is 0 Å². The first-order valence-corrected chi connectivity index (χ1v) is 14.3. The molecule has 5 rings (SSSR count). The molecule has 4 heterocycles. The van der Waals surface area contributed by atoms with Crippen molar-refractivity contribution in [3.8, 4) is 11.5 Å². The Morgan fingerprint density at radius 3 is 2.39 bits per heavy atom. The second-order valence-corrected chi connectivity index (χ2v) is 11.7. The van der Waals surface area contributed by atoms with Gasteiger partial charge < -0.3 is 23.5 Å². The van der Waals surface area contributed by atoms with E-state index in [1.165, 1.54) is 47.0 Å². The Hall–Kier alpha value is -3.89. The molecule has 2 aromatic heterocycles. The number of benzene rings is 1. The van der Waals surface area contributed by atoms with Gasteiger partial charge in [-0.05, 0) is 24.3 Å². The van der Waals surface area contributed by atoms with Gasteiger partial charge in [-0.3, -0.25) is 4.72 Å². The summed E-state index contributed by atoms with van der Waals surface area (Å²) in [4.78, 5) is 21.7. The predicted octanol–water partition coefficient (Wildman–Crippen LogP) is 0.939. The summed E-state index contributed by atoms with van der Waals surface area (Å²) in [5.41, 5.74) is 0. The molecule has 1 aromatic carbocycles. The Morgan fingerprint density at radius 1 is 0.947 bits per heavy atom. The zero-order valence-corrected chi connectivity index (χ0v) is 21.7. The van der Waals surface area contributed by atoms with Crippen molar-refractivity contribution in [2.75, 3.05) is 56.1 Å². The number of ether oxygens (including phenoxy) is 3. The van der Waals surface area contributed by atoms with E-state index in [2.05, 4.69) is 19.4 Å². The minimum atomic E-state index is -4.06. The number of nitrogens with one attached hydrogen (secondary N) is 1. The van der Waals surface area contributed by atoms with Gasteiger partial charge in [0.15, 0.2) is 23.1 Å². The minimum absolute atomic E-state index is 0.00699. The number of hydrogen-bond acceptors (Lipinski definition) is 12. The van der Waals surface area contributed by atoms with Crippen LogP contribution < -0.4 is 19.1 Å². The lowest BCUT2D eigenvalue weighted by atomic mass is 10.3. The number of carbonyl (C=O) groups is 1. The van der Waals surface area contributed by atoms with Crippen molar-refractivity contribution in [2.24, 2.45) is 0 Å². The van der Waals surface area contributed by atoms with Crippen molar-refractivity contribution in [1.82, 2.24) is 14.3 Å². The number of esters is 1. The summed E-state index contributed by atoms with van der Waals surface area (Å²) in [6, 6.07) is 6.72. The molecule has 38 heavy (non-hydrogen) atoms. The summed E-state index contributed by atoms with van der Waals surface area (Å²) in [5.74, 6) is 0.0128. The summed E-state index contributed by atoms with van der Waals surface area (Å²) in [7, 11) is -6.90. The van der Waals surface area contributed by atoms with Crippen molar-refractivity contribution in [3.05, 3.63) is 48.5 Å². The van der Waals surface area contributed by atoms with Crippen LogP contribution in [0, 0.1) is 0 Å². The average Bonchev–Trinajstić information content (AvgIpc) is 3.44. The van der Waals surface area contributed by atoms with Gasteiger partial charge in [0.1, 0.15) is 13.2 Å². The predicted molar refractivity (Wildman–Crippen MR) is 131 cm³/mol. The molecule has 0 bridgehead atoms. The van der Waals surface area contributed by atoms with Gasteiger partial charge in [-0.25, -0.2) is 31.6 Å². The minimum Gasteiger partial charge on any atom is -0.486 e. The van der Waals surface area contributed by atoms with Gasteiger partial charge in [0.2, 0.25) is 10.9 Å². The highest BCUT2D eigenvalue weighted by atomic mass is 32.2. The zero-order chi connectivity index (χ0) is 26.9. The van der Waals surface area contributed by atoms with Crippen molar-refractivity contribution in [2.45, 2.75) is 9.99 Å². The molecule has 0 atom stereocenters. The highest BCUT2D eigenvalue weighted by Crippen LogP contribution is 2.33. The molecule has 1 fully saturated rings. The SMILES string of the molecule is COC(=O)c1ccc(S(=O)(=O)N2CCN(c3nccnc3NS(=O)(=O)c3ccc4c(c3)OCCO4)CC2)o1. The quantitative estimate of drug-likeness (QED) is 0.403. The maximum Gasteiger partial charge on any atom is 0.374 e. The lowest BCUT2D eigenvalue weighted by Gasteiger charge is -2.34. The smallest absolute Gasteiger partial charge is 0.374 e. The fourth-order valence-electron chi connectivity index (χ4n) is 3.95. The van der Waals surface area contributed by atoms with Crippen LogP contribution in [0.25, 0.3) is 0 Å². The van der Waals surface area contributed by atoms with Crippen molar-refractivity contribution >= 4 is 37.7 Å². The standard InChI is InChI=1S/C22H23N5O9S2/c1-33-22(28)17-4-5-19(36-17)38(31,32)27-10-8-26(9-11-27)21-20(23-6-7-24-21)25-37(29,30)15-2-3-16-18(14-15)35-13-12-34-16/h2-7,14H,8-13H2,1H3,(H,23,25). The third kappa shape index (κ3) is 4.97. The largest absolute Gasteiger partial charge is 0.486 e. The van der Waals surface area contributed by atoms with E-state index in [1.54, 1.807) is 4.90 Å². The topological polar surface area (TPSA) is 170 Å². The molecule has 0 spiro atoms. The number of anilines is 2. The highest BCUT2D eigenvalue weighted by molar-refractivity contribution is 7.92. The Labute approximate surface area is 218 Å². The van der Waals surface area contributed by atoms with E-state index < -0.39 is 26.0 Å². The van der Waals surface area contributed by atoms with Crippen LogP contribution in [0.4, 0.5) is 11.6 Å². The zero-order valence-electron chi connectivity index (χ0n) is 20.1. The number of methoxy groups -OCH3 is 1. The first kappa shape index (κ1) is 25.7. The number of furan rings is 1.